The third-order valence-electron chi connectivity index (χ3n) is 3.28. The highest BCUT2D eigenvalue weighted by Gasteiger charge is 2.20. The van der Waals surface area contributed by atoms with E-state index in [0.29, 0.717) is 22.5 Å². The first-order valence-electron chi connectivity index (χ1n) is 6.39. The Morgan fingerprint density at radius 3 is 2.77 bits per heavy atom. The molecule has 2 heterocycles. The third kappa shape index (κ3) is 2.34. The number of rotatable bonds is 3. The maximum absolute atomic E-state index is 12.4. The van der Waals surface area contributed by atoms with Gasteiger partial charge in [0.2, 0.25) is 0 Å². The van der Waals surface area contributed by atoms with E-state index in [0.717, 1.165) is 22.5 Å². The molecule has 0 aliphatic rings. The molecule has 0 aliphatic heterocycles. The van der Waals surface area contributed by atoms with Crippen LogP contribution in [0.5, 0.6) is 0 Å². The van der Waals surface area contributed by atoms with E-state index in [2.05, 4.69) is 20.1 Å². The summed E-state index contributed by atoms with van der Waals surface area (Å²) in [6, 6.07) is 7.09. The van der Waals surface area contributed by atoms with Crippen LogP contribution in [0.25, 0.3) is 10.9 Å². The van der Waals surface area contributed by atoms with Crippen molar-refractivity contribution in [3.63, 3.8) is 0 Å². The number of fused-ring (bicyclic) bond motifs is 1. The first kappa shape index (κ1) is 14.6. The van der Waals surface area contributed by atoms with Crippen molar-refractivity contribution in [2.75, 3.05) is 4.72 Å². The number of aromatic amines is 1. The summed E-state index contributed by atoms with van der Waals surface area (Å²) in [5.41, 5.74) is 3.06. The summed E-state index contributed by atoms with van der Waals surface area (Å²) < 4.78 is 31.5. The number of hydrogen-bond donors (Lipinski definition) is 2. The summed E-state index contributed by atoms with van der Waals surface area (Å²) in [7, 11) is -3.69. The van der Waals surface area contributed by atoms with E-state index in [9.17, 15) is 8.42 Å². The number of aromatic nitrogens is 2. The van der Waals surface area contributed by atoms with E-state index in [-0.39, 0.29) is 4.21 Å². The van der Waals surface area contributed by atoms with Crippen LogP contribution in [0.4, 0.5) is 5.69 Å². The summed E-state index contributed by atoms with van der Waals surface area (Å²) in [6.45, 7) is 3.62. The van der Waals surface area contributed by atoms with Crippen LogP contribution < -0.4 is 4.72 Å². The van der Waals surface area contributed by atoms with Gasteiger partial charge in [-0.2, -0.15) is 9.64 Å². The van der Waals surface area contributed by atoms with Crippen LogP contribution in [0.3, 0.4) is 0 Å². The van der Waals surface area contributed by atoms with Gasteiger partial charge in [0.25, 0.3) is 10.0 Å². The molecule has 0 bridgehead atoms. The zero-order chi connectivity index (χ0) is 15.9. The minimum atomic E-state index is -3.69. The van der Waals surface area contributed by atoms with Crippen LogP contribution in [-0.2, 0) is 10.0 Å². The Kier molecular flexibility index (Phi) is 3.39. The van der Waals surface area contributed by atoms with E-state index >= 15 is 0 Å². The summed E-state index contributed by atoms with van der Waals surface area (Å²) in [5.74, 6) is 0. The van der Waals surface area contributed by atoms with Gasteiger partial charge in [-0.3, -0.25) is 4.72 Å². The predicted molar refractivity (Wildman–Crippen MR) is 85.4 cm³/mol. The molecule has 0 fully saturated rings. The van der Waals surface area contributed by atoms with E-state index in [1.54, 1.807) is 25.3 Å². The minimum Gasteiger partial charge on any atom is -0.358 e. The number of sulfonamides is 1. The fourth-order valence-electron chi connectivity index (χ4n) is 2.26. The number of nitrogens with one attached hydrogen (secondary N) is 2. The number of nitriles is 1. The molecule has 2 aromatic heterocycles. The number of hydrogen-bond acceptors (Lipinski definition) is 5. The van der Waals surface area contributed by atoms with Gasteiger partial charge in [0.05, 0.1) is 22.5 Å². The van der Waals surface area contributed by atoms with Gasteiger partial charge in [0.1, 0.15) is 6.07 Å². The summed E-state index contributed by atoms with van der Waals surface area (Å²) in [6.07, 6.45) is 1.58. The molecular formula is C14H12N4O2S2. The Morgan fingerprint density at radius 1 is 1.36 bits per heavy atom. The van der Waals surface area contributed by atoms with Gasteiger partial charge < -0.3 is 4.98 Å². The topological polar surface area (TPSA) is 98.6 Å². The van der Waals surface area contributed by atoms with Crippen LogP contribution in [0.1, 0.15) is 16.8 Å². The van der Waals surface area contributed by atoms with E-state index in [4.69, 9.17) is 5.26 Å². The molecule has 0 spiro atoms. The first-order chi connectivity index (χ1) is 10.4. The lowest BCUT2D eigenvalue weighted by atomic mass is 10.1. The molecule has 6 nitrogen and oxygen atoms in total. The summed E-state index contributed by atoms with van der Waals surface area (Å²) >= 11 is 0.931. The van der Waals surface area contributed by atoms with Crippen molar-refractivity contribution in [3.8, 4) is 6.07 Å². The highest BCUT2D eigenvalue weighted by Crippen LogP contribution is 2.30. The Morgan fingerprint density at radius 2 is 2.14 bits per heavy atom. The van der Waals surface area contributed by atoms with Gasteiger partial charge in [-0.25, -0.2) is 8.42 Å². The second-order valence-corrected chi connectivity index (χ2v) is 7.60. The van der Waals surface area contributed by atoms with Crippen molar-refractivity contribution in [1.29, 1.82) is 5.26 Å². The van der Waals surface area contributed by atoms with E-state index in [1.165, 1.54) is 6.07 Å². The molecule has 112 valence electrons. The largest absolute Gasteiger partial charge is 0.358 e. The molecule has 0 saturated carbocycles. The molecule has 3 rings (SSSR count). The molecule has 8 heteroatoms. The smallest absolute Gasteiger partial charge is 0.273 e. The van der Waals surface area contributed by atoms with Crippen molar-refractivity contribution < 1.29 is 8.42 Å². The van der Waals surface area contributed by atoms with Crippen molar-refractivity contribution in [2.24, 2.45) is 0 Å². The van der Waals surface area contributed by atoms with Crippen LogP contribution in [-0.4, -0.2) is 17.8 Å². The van der Waals surface area contributed by atoms with Gasteiger partial charge in [0, 0.05) is 11.6 Å². The summed E-state index contributed by atoms with van der Waals surface area (Å²) in [5, 5.41) is 9.86. The zero-order valence-corrected chi connectivity index (χ0v) is 13.5. The van der Waals surface area contributed by atoms with Gasteiger partial charge in [0.15, 0.2) is 4.21 Å². The Labute approximate surface area is 131 Å². The first-order valence-corrected chi connectivity index (χ1v) is 8.65. The number of anilines is 1. The quantitative estimate of drug-likeness (QED) is 0.770. The number of aryl methyl sites for hydroxylation is 2. The van der Waals surface area contributed by atoms with Crippen molar-refractivity contribution >= 4 is 38.1 Å². The number of H-pyrrole nitrogens is 1. The highest BCUT2D eigenvalue weighted by atomic mass is 32.2. The second kappa shape index (κ2) is 5.12. The molecule has 0 unspecified atom stereocenters. The molecule has 0 aliphatic carbocycles. The van der Waals surface area contributed by atoms with Crippen molar-refractivity contribution in [3.05, 3.63) is 41.2 Å². The van der Waals surface area contributed by atoms with Crippen LogP contribution in [0, 0.1) is 25.2 Å². The minimum absolute atomic E-state index is 0.158. The van der Waals surface area contributed by atoms with Gasteiger partial charge in [-0.05, 0) is 43.1 Å². The fraction of sp³-hybridized carbons (Fsp3) is 0.143. The molecule has 1 aromatic carbocycles. The SMILES string of the molecule is Cc1cc(S(=O)(=O)Nc2ccc(C)c3c(C#N)c[nH]c23)sn1. The second-order valence-electron chi connectivity index (χ2n) is 4.89. The van der Waals surface area contributed by atoms with Gasteiger partial charge >= 0.3 is 0 Å². The van der Waals surface area contributed by atoms with Crippen LogP contribution in [0.15, 0.2) is 28.6 Å². The normalized spacial score (nSPS) is 11.5. The number of benzene rings is 1. The van der Waals surface area contributed by atoms with E-state index in [1.807, 2.05) is 6.92 Å². The van der Waals surface area contributed by atoms with Crippen LogP contribution >= 0.6 is 11.5 Å². The van der Waals surface area contributed by atoms with Crippen LogP contribution in [0.2, 0.25) is 0 Å². The standard InChI is InChI=1S/C14H12N4O2S2/c1-8-3-4-11(14-13(8)10(6-15)7-16-14)18-22(19,20)12-5-9(2)17-21-12/h3-5,7,16,18H,1-2H3. The molecule has 0 saturated heterocycles. The highest BCUT2D eigenvalue weighted by molar-refractivity contribution is 7.94. The molecule has 22 heavy (non-hydrogen) atoms. The summed E-state index contributed by atoms with van der Waals surface area (Å²) in [4.78, 5) is 2.97. The lowest BCUT2D eigenvalue weighted by molar-refractivity contribution is 0.603. The molecule has 2 N–H and O–H groups in total. The molecule has 0 amide bonds. The average Bonchev–Trinajstić information content (AvgIpc) is 3.08. The fourth-order valence-corrected chi connectivity index (χ4v) is 4.28. The third-order valence-corrected chi connectivity index (χ3v) is 5.97. The maximum atomic E-state index is 12.4. The van der Waals surface area contributed by atoms with Crippen molar-refractivity contribution in [1.82, 2.24) is 9.36 Å². The molecule has 3 aromatic rings. The Hall–Kier alpha value is -2.37. The Balaban J connectivity index is 2.11. The molecule has 0 atom stereocenters. The average molecular weight is 332 g/mol. The molecular weight excluding hydrogens is 320 g/mol. The van der Waals surface area contributed by atoms with E-state index < -0.39 is 10.0 Å². The molecule has 0 radical (unpaired) electrons. The Bertz CT molecular complexity index is 1010. The van der Waals surface area contributed by atoms with Gasteiger partial charge in [-0.1, -0.05) is 6.07 Å². The predicted octanol–water partition coefficient (Wildman–Crippen LogP) is 2.91. The lowest BCUT2D eigenvalue weighted by Crippen LogP contribution is -2.11. The zero-order valence-electron chi connectivity index (χ0n) is 11.8. The lowest BCUT2D eigenvalue weighted by Gasteiger charge is -2.08. The van der Waals surface area contributed by atoms with Gasteiger partial charge in [-0.15, -0.1) is 0 Å². The monoisotopic (exact) mass is 332 g/mol. The van der Waals surface area contributed by atoms with Crippen molar-refractivity contribution in [2.45, 2.75) is 18.1 Å². The maximum Gasteiger partial charge on any atom is 0.273 e. The number of nitrogens with zero attached hydrogens (tertiary/aromatic N) is 2.